The fourth-order valence-corrected chi connectivity index (χ4v) is 2.03. The minimum Gasteiger partial charge on any atom is -0.493 e. The van der Waals surface area contributed by atoms with Gasteiger partial charge in [-0.3, -0.25) is 9.59 Å². The van der Waals surface area contributed by atoms with Gasteiger partial charge in [-0.2, -0.15) is 0 Å². The Morgan fingerprint density at radius 2 is 1.91 bits per heavy atom. The first-order valence-electron chi connectivity index (χ1n) is 7.08. The molecule has 1 aromatic rings. The Morgan fingerprint density at radius 3 is 2.59 bits per heavy atom. The number of methoxy groups -OCH3 is 1. The van der Waals surface area contributed by atoms with E-state index >= 15 is 0 Å². The van der Waals surface area contributed by atoms with Gasteiger partial charge in [-0.1, -0.05) is 12.1 Å². The summed E-state index contributed by atoms with van der Waals surface area (Å²) in [6, 6.07) is 7.06. The summed E-state index contributed by atoms with van der Waals surface area (Å²) in [7, 11) is 1.53. The number of ether oxygens (including phenoxy) is 3. The van der Waals surface area contributed by atoms with Gasteiger partial charge in [0.05, 0.1) is 26.9 Å². The third kappa shape index (κ3) is 4.63. The van der Waals surface area contributed by atoms with Gasteiger partial charge >= 0.3 is 0 Å². The normalized spacial score (nSPS) is 14.3. The fourth-order valence-electron chi connectivity index (χ4n) is 2.03. The van der Waals surface area contributed by atoms with Gasteiger partial charge in [0, 0.05) is 13.1 Å². The lowest BCUT2D eigenvalue weighted by molar-refractivity contribution is -0.136. The second kappa shape index (κ2) is 8.23. The quantitative estimate of drug-likeness (QED) is 0.803. The molecule has 0 aliphatic carbocycles. The molecule has 1 saturated heterocycles. The molecule has 7 heteroatoms. The number of hydrogen-bond donors (Lipinski definition) is 1. The highest BCUT2D eigenvalue weighted by Gasteiger charge is 2.17. The van der Waals surface area contributed by atoms with Crippen molar-refractivity contribution >= 4 is 11.8 Å². The number of nitrogens with zero attached hydrogens (tertiary/aromatic N) is 1. The van der Waals surface area contributed by atoms with Gasteiger partial charge in [-0.25, -0.2) is 0 Å². The van der Waals surface area contributed by atoms with Crippen LogP contribution >= 0.6 is 0 Å². The van der Waals surface area contributed by atoms with Crippen molar-refractivity contribution in [1.29, 1.82) is 0 Å². The van der Waals surface area contributed by atoms with Crippen molar-refractivity contribution < 1.29 is 23.8 Å². The van der Waals surface area contributed by atoms with Crippen molar-refractivity contribution in [3.63, 3.8) is 0 Å². The molecule has 0 saturated carbocycles. The first-order chi connectivity index (χ1) is 10.7. The number of hydrogen-bond acceptors (Lipinski definition) is 5. The van der Waals surface area contributed by atoms with Crippen molar-refractivity contribution in [3.05, 3.63) is 24.3 Å². The summed E-state index contributed by atoms with van der Waals surface area (Å²) < 4.78 is 15.7. The predicted octanol–water partition coefficient (Wildman–Crippen LogP) is 0.0490. The van der Waals surface area contributed by atoms with Crippen LogP contribution in [0, 0.1) is 0 Å². The fraction of sp³-hybridized carbons (Fsp3) is 0.467. The third-order valence-electron chi connectivity index (χ3n) is 3.23. The summed E-state index contributed by atoms with van der Waals surface area (Å²) in [5.74, 6) is 0.570. The number of morpholine rings is 1. The van der Waals surface area contributed by atoms with Crippen molar-refractivity contribution in [3.8, 4) is 11.5 Å². The molecule has 0 atom stereocenters. The van der Waals surface area contributed by atoms with Crippen molar-refractivity contribution in [1.82, 2.24) is 10.2 Å². The van der Waals surface area contributed by atoms with E-state index in [2.05, 4.69) is 5.32 Å². The van der Waals surface area contributed by atoms with Crippen LogP contribution in [-0.2, 0) is 14.3 Å². The number of benzene rings is 1. The highest BCUT2D eigenvalue weighted by Crippen LogP contribution is 2.25. The van der Waals surface area contributed by atoms with Crippen LogP contribution in [0.2, 0.25) is 0 Å². The predicted molar refractivity (Wildman–Crippen MR) is 78.9 cm³/mol. The maximum absolute atomic E-state index is 11.9. The lowest BCUT2D eigenvalue weighted by Crippen LogP contribution is -2.46. The molecule has 0 unspecified atom stereocenters. The Balaban J connectivity index is 1.72. The van der Waals surface area contributed by atoms with Crippen LogP contribution < -0.4 is 14.8 Å². The van der Waals surface area contributed by atoms with Crippen LogP contribution in [-0.4, -0.2) is 63.3 Å². The van der Waals surface area contributed by atoms with Gasteiger partial charge in [-0.05, 0) is 12.1 Å². The van der Waals surface area contributed by atoms with Crippen LogP contribution in [0.3, 0.4) is 0 Å². The average Bonchev–Trinajstić information content (AvgIpc) is 2.58. The van der Waals surface area contributed by atoms with Crippen LogP contribution in [0.4, 0.5) is 0 Å². The summed E-state index contributed by atoms with van der Waals surface area (Å²) in [6.07, 6.45) is 0. The number of para-hydroxylation sites is 2. The van der Waals surface area contributed by atoms with Gasteiger partial charge in [0.15, 0.2) is 18.1 Å². The summed E-state index contributed by atoms with van der Waals surface area (Å²) in [5.41, 5.74) is 0. The molecular weight excluding hydrogens is 288 g/mol. The van der Waals surface area contributed by atoms with Crippen LogP contribution in [0.5, 0.6) is 11.5 Å². The molecule has 7 nitrogen and oxygen atoms in total. The molecule has 0 aromatic heterocycles. The van der Waals surface area contributed by atoms with E-state index < -0.39 is 0 Å². The van der Waals surface area contributed by atoms with Gasteiger partial charge < -0.3 is 24.4 Å². The van der Waals surface area contributed by atoms with Gasteiger partial charge in [0.2, 0.25) is 5.91 Å². The minimum absolute atomic E-state index is 0.0336. The van der Waals surface area contributed by atoms with E-state index in [0.29, 0.717) is 37.8 Å². The summed E-state index contributed by atoms with van der Waals surface area (Å²) in [6.45, 7) is 2.00. The van der Waals surface area contributed by atoms with E-state index in [0.717, 1.165) is 0 Å². The minimum atomic E-state index is -0.354. The maximum atomic E-state index is 11.9. The molecule has 1 fully saturated rings. The molecule has 0 bridgehead atoms. The lowest BCUT2D eigenvalue weighted by Gasteiger charge is -2.26. The Labute approximate surface area is 129 Å². The number of nitrogens with one attached hydrogen (secondary N) is 1. The zero-order valence-corrected chi connectivity index (χ0v) is 12.5. The Bertz CT molecular complexity index is 514. The van der Waals surface area contributed by atoms with E-state index in [-0.39, 0.29) is 25.0 Å². The van der Waals surface area contributed by atoms with E-state index in [1.54, 1.807) is 23.1 Å². The van der Waals surface area contributed by atoms with Crippen LogP contribution in [0.15, 0.2) is 24.3 Å². The average molecular weight is 308 g/mol. The first-order valence-corrected chi connectivity index (χ1v) is 7.08. The summed E-state index contributed by atoms with van der Waals surface area (Å²) in [5, 5.41) is 2.55. The molecular formula is C15H20N2O5. The second-order valence-electron chi connectivity index (χ2n) is 4.71. The Morgan fingerprint density at radius 1 is 1.23 bits per heavy atom. The Kier molecular flexibility index (Phi) is 6.02. The molecule has 1 aliphatic rings. The van der Waals surface area contributed by atoms with E-state index in [1.165, 1.54) is 7.11 Å². The number of carbonyl (C=O) groups excluding carboxylic acids is 2. The largest absolute Gasteiger partial charge is 0.493 e. The molecule has 1 heterocycles. The third-order valence-corrected chi connectivity index (χ3v) is 3.23. The highest BCUT2D eigenvalue weighted by molar-refractivity contribution is 5.85. The summed E-state index contributed by atoms with van der Waals surface area (Å²) >= 11 is 0. The molecule has 2 rings (SSSR count). The molecule has 22 heavy (non-hydrogen) atoms. The first kappa shape index (κ1) is 16.1. The standard InChI is InChI=1S/C15H20N2O5/c1-20-12-4-2-3-5-13(12)22-11-14(18)16-10-15(19)17-6-8-21-9-7-17/h2-5H,6-11H2,1H3,(H,16,18). The summed E-state index contributed by atoms with van der Waals surface area (Å²) in [4.78, 5) is 25.3. The van der Waals surface area contributed by atoms with E-state index in [1.807, 2.05) is 6.07 Å². The number of rotatable bonds is 6. The Hall–Kier alpha value is -2.28. The van der Waals surface area contributed by atoms with Crippen molar-refractivity contribution in [2.24, 2.45) is 0 Å². The molecule has 120 valence electrons. The van der Waals surface area contributed by atoms with Crippen LogP contribution in [0.25, 0.3) is 0 Å². The van der Waals surface area contributed by atoms with Crippen LogP contribution in [0.1, 0.15) is 0 Å². The maximum Gasteiger partial charge on any atom is 0.258 e. The molecule has 0 spiro atoms. The zero-order valence-electron chi connectivity index (χ0n) is 12.5. The monoisotopic (exact) mass is 308 g/mol. The van der Waals surface area contributed by atoms with Gasteiger partial charge in [0.1, 0.15) is 0 Å². The van der Waals surface area contributed by atoms with Gasteiger partial charge in [-0.15, -0.1) is 0 Å². The van der Waals surface area contributed by atoms with Crippen molar-refractivity contribution in [2.45, 2.75) is 0 Å². The number of carbonyl (C=O) groups is 2. The topological polar surface area (TPSA) is 77.1 Å². The van der Waals surface area contributed by atoms with E-state index in [4.69, 9.17) is 14.2 Å². The molecule has 1 aliphatic heterocycles. The van der Waals surface area contributed by atoms with Gasteiger partial charge in [0.25, 0.3) is 5.91 Å². The highest BCUT2D eigenvalue weighted by atomic mass is 16.5. The smallest absolute Gasteiger partial charge is 0.258 e. The lowest BCUT2D eigenvalue weighted by atomic mass is 10.3. The zero-order chi connectivity index (χ0) is 15.8. The molecule has 0 radical (unpaired) electrons. The molecule has 2 amide bonds. The molecule has 1 aromatic carbocycles. The second-order valence-corrected chi connectivity index (χ2v) is 4.71. The molecule has 1 N–H and O–H groups in total. The SMILES string of the molecule is COc1ccccc1OCC(=O)NCC(=O)N1CCOCC1. The van der Waals surface area contributed by atoms with E-state index in [9.17, 15) is 9.59 Å². The number of amides is 2. The van der Waals surface area contributed by atoms with Crippen molar-refractivity contribution in [2.75, 3.05) is 46.6 Å².